The summed E-state index contributed by atoms with van der Waals surface area (Å²) in [5.41, 5.74) is -0.677. The van der Waals surface area contributed by atoms with Crippen molar-refractivity contribution in [3.8, 4) is 0 Å². The summed E-state index contributed by atoms with van der Waals surface area (Å²) in [7, 11) is -0.964. The van der Waals surface area contributed by atoms with Gasteiger partial charge >= 0.3 is 12.0 Å². The van der Waals surface area contributed by atoms with Gasteiger partial charge in [-0.2, -0.15) is 0 Å². The standard InChI is InChI=1S/C14H26N2O4S/c1-4-5-14(12(17)18)6-8-16(9-7-14)13(19)15-10-11(2)21(3)20/h11H,4-10H2,1-3H3,(H,15,19)(H,17,18). The highest BCUT2D eigenvalue weighted by molar-refractivity contribution is 7.84. The monoisotopic (exact) mass is 318 g/mol. The van der Waals surface area contributed by atoms with Crippen LogP contribution in [0, 0.1) is 5.41 Å². The fourth-order valence-corrected chi connectivity index (χ4v) is 2.97. The molecule has 0 aromatic rings. The van der Waals surface area contributed by atoms with Gasteiger partial charge in [0.05, 0.1) is 5.41 Å². The van der Waals surface area contributed by atoms with Gasteiger partial charge < -0.3 is 15.3 Å². The molecule has 2 amide bonds. The molecule has 0 spiro atoms. The van der Waals surface area contributed by atoms with Gasteiger partial charge in [0.25, 0.3) is 0 Å². The van der Waals surface area contributed by atoms with Gasteiger partial charge in [0.1, 0.15) is 0 Å². The Morgan fingerprint density at radius 2 is 1.95 bits per heavy atom. The molecule has 1 fully saturated rings. The molecule has 2 atom stereocenters. The smallest absolute Gasteiger partial charge is 0.317 e. The molecule has 2 unspecified atom stereocenters. The fraction of sp³-hybridized carbons (Fsp3) is 0.857. The third-order valence-corrected chi connectivity index (χ3v) is 5.60. The lowest BCUT2D eigenvalue weighted by molar-refractivity contribution is -0.152. The molecule has 1 saturated heterocycles. The van der Waals surface area contributed by atoms with Gasteiger partial charge in [0, 0.05) is 41.9 Å². The van der Waals surface area contributed by atoms with Crippen molar-refractivity contribution in [3.63, 3.8) is 0 Å². The van der Waals surface area contributed by atoms with Gasteiger partial charge in [-0.15, -0.1) is 0 Å². The van der Waals surface area contributed by atoms with E-state index in [2.05, 4.69) is 5.32 Å². The summed E-state index contributed by atoms with van der Waals surface area (Å²) in [5, 5.41) is 12.1. The summed E-state index contributed by atoms with van der Waals surface area (Å²) >= 11 is 0. The van der Waals surface area contributed by atoms with Gasteiger partial charge in [0.2, 0.25) is 0 Å². The number of aliphatic carboxylic acids is 1. The first kappa shape index (κ1) is 17.9. The number of carboxylic acid groups (broad SMARTS) is 1. The topological polar surface area (TPSA) is 86.7 Å². The van der Waals surface area contributed by atoms with Gasteiger partial charge in [0.15, 0.2) is 0 Å². The number of carbonyl (C=O) groups is 2. The van der Waals surface area contributed by atoms with Crippen molar-refractivity contribution in [2.75, 3.05) is 25.9 Å². The van der Waals surface area contributed by atoms with Crippen LogP contribution in [0.1, 0.15) is 39.5 Å². The fourth-order valence-electron chi connectivity index (χ4n) is 2.65. The summed E-state index contributed by atoms with van der Waals surface area (Å²) < 4.78 is 11.2. The van der Waals surface area contributed by atoms with E-state index < -0.39 is 22.2 Å². The van der Waals surface area contributed by atoms with Crippen molar-refractivity contribution in [2.24, 2.45) is 5.41 Å². The molecule has 1 aliphatic heterocycles. The number of carbonyl (C=O) groups excluding carboxylic acids is 1. The molecule has 0 saturated carbocycles. The lowest BCUT2D eigenvalue weighted by Crippen LogP contribution is -2.50. The summed E-state index contributed by atoms with van der Waals surface area (Å²) in [4.78, 5) is 25.2. The van der Waals surface area contributed by atoms with Crippen molar-refractivity contribution >= 4 is 22.8 Å². The van der Waals surface area contributed by atoms with Crippen LogP contribution in [0.25, 0.3) is 0 Å². The summed E-state index contributed by atoms with van der Waals surface area (Å²) in [6, 6.07) is -0.192. The van der Waals surface area contributed by atoms with Crippen LogP contribution in [-0.4, -0.2) is 57.4 Å². The molecule has 0 radical (unpaired) electrons. The van der Waals surface area contributed by atoms with E-state index in [0.717, 1.165) is 6.42 Å². The third kappa shape index (κ3) is 4.69. The van der Waals surface area contributed by atoms with Gasteiger partial charge in [-0.25, -0.2) is 4.79 Å². The van der Waals surface area contributed by atoms with Crippen LogP contribution in [0.2, 0.25) is 0 Å². The highest BCUT2D eigenvalue weighted by Crippen LogP contribution is 2.36. The number of likely N-dealkylation sites (tertiary alicyclic amines) is 1. The minimum atomic E-state index is -0.964. The number of piperidine rings is 1. The molecule has 1 heterocycles. The van der Waals surface area contributed by atoms with Gasteiger partial charge in [-0.05, 0) is 26.2 Å². The maximum Gasteiger partial charge on any atom is 0.317 e. The summed E-state index contributed by atoms with van der Waals surface area (Å²) in [6.45, 7) is 5.10. The number of hydrogen-bond acceptors (Lipinski definition) is 3. The molecule has 0 aromatic carbocycles. The minimum Gasteiger partial charge on any atom is -0.481 e. The van der Waals surface area contributed by atoms with Crippen LogP contribution >= 0.6 is 0 Å². The number of nitrogens with one attached hydrogen (secondary N) is 1. The average molecular weight is 318 g/mol. The number of amides is 2. The van der Waals surface area contributed by atoms with Crippen molar-refractivity contribution in [3.05, 3.63) is 0 Å². The SMILES string of the molecule is CCCC1(C(=O)O)CCN(C(=O)NCC(C)S(C)=O)CC1. The van der Waals surface area contributed by atoms with Gasteiger partial charge in [-0.1, -0.05) is 13.3 Å². The van der Waals surface area contributed by atoms with E-state index in [1.165, 1.54) is 0 Å². The molecule has 6 nitrogen and oxygen atoms in total. The predicted octanol–water partition coefficient (Wildman–Crippen LogP) is 1.43. The molecule has 0 aliphatic carbocycles. The van der Waals surface area contributed by atoms with Crippen molar-refractivity contribution in [1.82, 2.24) is 10.2 Å². The molecule has 1 rings (SSSR count). The van der Waals surface area contributed by atoms with E-state index in [0.29, 0.717) is 38.9 Å². The molecule has 0 bridgehead atoms. The van der Waals surface area contributed by atoms with E-state index in [4.69, 9.17) is 0 Å². The summed E-state index contributed by atoms with van der Waals surface area (Å²) in [6.07, 6.45) is 4.10. The second kappa shape index (κ2) is 7.77. The third-order valence-electron chi connectivity index (χ3n) is 4.30. The Morgan fingerprint density at radius 3 is 2.38 bits per heavy atom. The van der Waals surface area contributed by atoms with Crippen molar-refractivity contribution in [1.29, 1.82) is 0 Å². The van der Waals surface area contributed by atoms with Crippen LogP contribution in [0.3, 0.4) is 0 Å². The molecular weight excluding hydrogens is 292 g/mol. The number of nitrogens with zero attached hydrogens (tertiary/aromatic N) is 1. The molecule has 7 heteroatoms. The van der Waals surface area contributed by atoms with E-state index in [1.807, 2.05) is 13.8 Å². The Kier molecular flexibility index (Phi) is 6.64. The molecule has 21 heavy (non-hydrogen) atoms. The Hall–Kier alpha value is -1.11. The van der Waals surface area contributed by atoms with Crippen LogP contribution in [-0.2, 0) is 15.6 Å². The summed E-state index contributed by atoms with van der Waals surface area (Å²) in [5.74, 6) is -0.751. The molecule has 2 N–H and O–H groups in total. The molecular formula is C14H26N2O4S. The second-order valence-corrected chi connectivity index (χ2v) is 7.62. The highest BCUT2D eigenvalue weighted by atomic mass is 32.2. The van der Waals surface area contributed by atoms with Crippen molar-refractivity contribution < 1.29 is 18.9 Å². The second-order valence-electron chi connectivity index (χ2n) is 5.82. The molecule has 1 aliphatic rings. The van der Waals surface area contributed by atoms with Crippen LogP contribution < -0.4 is 5.32 Å². The lowest BCUT2D eigenvalue weighted by atomic mass is 9.75. The number of hydrogen-bond donors (Lipinski definition) is 2. The van der Waals surface area contributed by atoms with E-state index in [9.17, 15) is 18.9 Å². The Labute approximate surface area is 128 Å². The van der Waals surface area contributed by atoms with Crippen LogP contribution in [0.5, 0.6) is 0 Å². The Morgan fingerprint density at radius 1 is 1.38 bits per heavy atom. The Balaban J connectivity index is 2.50. The first-order valence-electron chi connectivity index (χ1n) is 7.41. The zero-order valence-electron chi connectivity index (χ0n) is 13.1. The minimum absolute atomic E-state index is 0.0862. The van der Waals surface area contributed by atoms with E-state index >= 15 is 0 Å². The maximum absolute atomic E-state index is 12.0. The van der Waals surface area contributed by atoms with E-state index in [-0.39, 0.29) is 11.3 Å². The zero-order valence-corrected chi connectivity index (χ0v) is 13.9. The van der Waals surface area contributed by atoms with E-state index in [1.54, 1.807) is 11.2 Å². The number of carboxylic acids is 1. The normalized spacial score (nSPS) is 20.6. The van der Waals surface area contributed by atoms with Crippen LogP contribution in [0.15, 0.2) is 0 Å². The first-order chi connectivity index (χ1) is 9.82. The number of urea groups is 1. The molecule has 122 valence electrons. The lowest BCUT2D eigenvalue weighted by Gasteiger charge is -2.38. The average Bonchev–Trinajstić information content (AvgIpc) is 2.45. The van der Waals surface area contributed by atoms with Crippen molar-refractivity contribution in [2.45, 2.75) is 44.8 Å². The largest absolute Gasteiger partial charge is 0.481 e. The maximum atomic E-state index is 12.0. The number of rotatable bonds is 6. The zero-order chi connectivity index (χ0) is 16.0. The Bertz CT molecular complexity index is 406. The quantitative estimate of drug-likeness (QED) is 0.775. The van der Waals surface area contributed by atoms with Crippen LogP contribution in [0.4, 0.5) is 4.79 Å². The highest BCUT2D eigenvalue weighted by Gasteiger charge is 2.41. The van der Waals surface area contributed by atoms with Gasteiger partial charge in [-0.3, -0.25) is 9.00 Å². The first-order valence-corrected chi connectivity index (χ1v) is 9.03. The predicted molar refractivity (Wildman–Crippen MR) is 82.7 cm³/mol. The molecule has 0 aromatic heterocycles.